The van der Waals surface area contributed by atoms with Crippen LogP contribution in [-0.4, -0.2) is 46.8 Å². The number of carbonyl (C=O) groups excluding carboxylic acids is 2. The first-order valence-electron chi connectivity index (χ1n) is 10.2. The molecule has 0 radical (unpaired) electrons. The third kappa shape index (κ3) is 7.52. The zero-order chi connectivity index (χ0) is 25.3. The van der Waals surface area contributed by atoms with Crippen molar-refractivity contribution in [2.24, 2.45) is 5.10 Å². The van der Waals surface area contributed by atoms with E-state index in [1.54, 1.807) is 66.7 Å². The zero-order valence-corrected chi connectivity index (χ0v) is 21.6. The standard InChI is InChI=1S/C24H22IN3O6S/c1-33-24(30)17-34-21-13-7-18(8-14-21)15-26-27-23(29)16-28(20-11-9-19(25)10-12-20)35(31,32)22-5-3-2-4-6-22/h2-15H,16-17H2,1H3,(H,27,29)/b26-15-. The van der Waals surface area contributed by atoms with E-state index < -0.39 is 28.4 Å². The molecule has 0 unspecified atom stereocenters. The number of hydrazone groups is 1. The van der Waals surface area contributed by atoms with Gasteiger partial charge in [-0.1, -0.05) is 18.2 Å². The number of sulfonamides is 1. The predicted octanol–water partition coefficient (Wildman–Crippen LogP) is 3.19. The number of amides is 1. The summed E-state index contributed by atoms with van der Waals surface area (Å²) in [6, 6.07) is 21.3. The Kier molecular flexibility index (Phi) is 9.20. The van der Waals surface area contributed by atoms with Gasteiger partial charge >= 0.3 is 5.97 Å². The van der Waals surface area contributed by atoms with Crippen LogP contribution in [0.1, 0.15) is 5.56 Å². The predicted molar refractivity (Wildman–Crippen MR) is 140 cm³/mol. The number of halogens is 1. The Hall–Kier alpha value is -3.45. The lowest BCUT2D eigenvalue weighted by molar-refractivity contribution is -0.142. The minimum absolute atomic E-state index is 0.0735. The topological polar surface area (TPSA) is 114 Å². The summed E-state index contributed by atoms with van der Waals surface area (Å²) >= 11 is 2.12. The van der Waals surface area contributed by atoms with E-state index >= 15 is 0 Å². The van der Waals surface area contributed by atoms with Crippen molar-refractivity contribution in [2.45, 2.75) is 4.90 Å². The summed E-state index contributed by atoms with van der Waals surface area (Å²) in [5.41, 5.74) is 3.37. The fourth-order valence-electron chi connectivity index (χ4n) is 2.84. The van der Waals surface area contributed by atoms with Gasteiger partial charge in [-0.25, -0.2) is 18.6 Å². The van der Waals surface area contributed by atoms with Crippen molar-refractivity contribution in [2.75, 3.05) is 24.6 Å². The molecule has 9 nitrogen and oxygen atoms in total. The van der Waals surface area contributed by atoms with Crippen LogP contribution in [0.3, 0.4) is 0 Å². The second-order valence-electron chi connectivity index (χ2n) is 7.03. The Morgan fingerprint density at radius 2 is 1.66 bits per heavy atom. The van der Waals surface area contributed by atoms with Gasteiger partial charge in [0.25, 0.3) is 15.9 Å². The van der Waals surface area contributed by atoms with E-state index in [0.717, 1.165) is 7.88 Å². The van der Waals surface area contributed by atoms with E-state index in [1.807, 2.05) is 0 Å². The Morgan fingerprint density at radius 1 is 1.00 bits per heavy atom. The molecule has 0 aromatic heterocycles. The van der Waals surface area contributed by atoms with Crippen molar-refractivity contribution >= 4 is 56.4 Å². The fourth-order valence-corrected chi connectivity index (χ4v) is 4.64. The van der Waals surface area contributed by atoms with E-state index in [-0.39, 0.29) is 11.5 Å². The number of esters is 1. The summed E-state index contributed by atoms with van der Waals surface area (Å²) in [4.78, 5) is 23.8. The average molecular weight is 607 g/mol. The Morgan fingerprint density at radius 3 is 2.29 bits per heavy atom. The molecule has 0 bridgehead atoms. The molecule has 3 aromatic carbocycles. The molecule has 0 saturated heterocycles. The number of hydrogen-bond donors (Lipinski definition) is 1. The van der Waals surface area contributed by atoms with Gasteiger partial charge in [-0.2, -0.15) is 5.10 Å². The van der Waals surface area contributed by atoms with Crippen LogP contribution < -0.4 is 14.5 Å². The molecule has 0 spiro atoms. The van der Waals surface area contributed by atoms with E-state index in [9.17, 15) is 18.0 Å². The molecule has 3 rings (SSSR count). The third-order valence-corrected chi connectivity index (χ3v) is 7.11. The summed E-state index contributed by atoms with van der Waals surface area (Å²) in [5.74, 6) is -0.639. The van der Waals surface area contributed by atoms with Gasteiger partial charge in [0.15, 0.2) is 6.61 Å². The van der Waals surface area contributed by atoms with Crippen LogP contribution in [0.4, 0.5) is 5.69 Å². The minimum Gasteiger partial charge on any atom is -0.482 e. The van der Waals surface area contributed by atoms with Crippen molar-refractivity contribution in [1.29, 1.82) is 0 Å². The van der Waals surface area contributed by atoms with Gasteiger partial charge in [0.2, 0.25) is 0 Å². The molecule has 35 heavy (non-hydrogen) atoms. The highest BCUT2D eigenvalue weighted by Gasteiger charge is 2.27. The molecular weight excluding hydrogens is 585 g/mol. The van der Waals surface area contributed by atoms with Gasteiger partial charge in [-0.3, -0.25) is 9.10 Å². The molecule has 0 atom stereocenters. The van der Waals surface area contributed by atoms with Crippen LogP contribution in [0.25, 0.3) is 0 Å². The highest BCUT2D eigenvalue weighted by molar-refractivity contribution is 14.1. The van der Waals surface area contributed by atoms with E-state index in [0.29, 0.717) is 17.0 Å². The molecule has 0 aliphatic carbocycles. The molecule has 182 valence electrons. The zero-order valence-electron chi connectivity index (χ0n) is 18.6. The smallest absolute Gasteiger partial charge is 0.343 e. The van der Waals surface area contributed by atoms with E-state index in [1.165, 1.54) is 25.5 Å². The van der Waals surface area contributed by atoms with Crippen LogP contribution >= 0.6 is 22.6 Å². The number of rotatable bonds is 10. The number of carbonyl (C=O) groups is 2. The van der Waals surface area contributed by atoms with E-state index in [4.69, 9.17) is 4.74 Å². The maximum atomic E-state index is 13.3. The van der Waals surface area contributed by atoms with Crippen LogP contribution in [0.2, 0.25) is 0 Å². The second kappa shape index (κ2) is 12.3. The fraction of sp³-hybridized carbons (Fsp3) is 0.125. The molecule has 1 N–H and O–H groups in total. The lowest BCUT2D eigenvalue weighted by Gasteiger charge is -2.23. The Balaban J connectivity index is 1.68. The lowest BCUT2D eigenvalue weighted by Crippen LogP contribution is -2.39. The first-order valence-corrected chi connectivity index (χ1v) is 12.8. The van der Waals surface area contributed by atoms with Crippen LogP contribution in [0, 0.1) is 3.57 Å². The molecule has 0 fully saturated rings. The molecule has 11 heteroatoms. The SMILES string of the molecule is COC(=O)COc1ccc(/C=N\NC(=O)CN(c2ccc(I)cc2)S(=O)(=O)c2ccccc2)cc1. The summed E-state index contributed by atoms with van der Waals surface area (Å²) in [6.07, 6.45) is 1.41. The Bertz CT molecular complexity index is 1280. The number of anilines is 1. The molecule has 0 aliphatic heterocycles. The minimum atomic E-state index is -3.99. The van der Waals surface area contributed by atoms with Crippen LogP contribution in [0.5, 0.6) is 5.75 Å². The number of benzene rings is 3. The number of nitrogens with zero attached hydrogens (tertiary/aromatic N) is 2. The van der Waals surface area contributed by atoms with Gasteiger partial charge in [0, 0.05) is 3.57 Å². The van der Waals surface area contributed by atoms with Crippen molar-refractivity contribution in [3.05, 3.63) is 88.0 Å². The molecule has 1 amide bonds. The summed E-state index contributed by atoms with van der Waals surface area (Å²) < 4.78 is 38.3. The van der Waals surface area contributed by atoms with Gasteiger partial charge in [-0.15, -0.1) is 0 Å². The highest BCUT2D eigenvalue weighted by Crippen LogP contribution is 2.24. The number of methoxy groups -OCH3 is 1. The first kappa shape index (κ1) is 26.2. The van der Waals surface area contributed by atoms with Crippen LogP contribution in [0.15, 0.2) is 88.9 Å². The van der Waals surface area contributed by atoms with Crippen LogP contribution in [-0.2, 0) is 24.3 Å². The number of hydrogen-bond acceptors (Lipinski definition) is 7. The van der Waals surface area contributed by atoms with Crippen molar-refractivity contribution < 1.29 is 27.5 Å². The van der Waals surface area contributed by atoms with Crippen molar-refractivity contribution in [1.82, 2.24) is 5.43 Å². The highest BCUT2D eigenvalue weighted by atomic mass is 127. The lowest BCUT2D eigenvalue weighted by atomic mass is 10.2. The van der Waals surface area contributed by atoms with Crippen molar-refractivity contribution in [3.8, 4) is 5.75 Å². The quantitative estimate of drug-likeness (QED) is 0.164. The van der Waals surface area contributed by atoms with Gasteiger partial charge in [-0.05, 0) is 88.8 Å². The largest absolute Gasteiger partial charge is 0.482 e. The molecule has 0 heterocycles. The van der Waals surface area contributed by atoms with Gasteiger partial charge < -0.3 is 9.47 Å². The Labute approximate surface area is 216 Å². The van der Waals surface area contributed by atoms with Crippen molar-refractivity contribution in [3.63, 3.8) is 0 Å². The maximum Gasteiger partial charge on any atom is 0.343 e. The first-order chi connectivity index (χ1) is 16.8. The second-order valence-corrected chi connectivity index (χ2v) is 10.1. The molecule has 0 saturated carbocycles. The average Bonchev–Trinajstić information content (AvgIpc) is 2.87. The van der Waals surface area contributed by atoms with E-state index in [2.05, 4.69) is 37.9 Å². The summed E-state index contributed by atoms with van der Waals surface area (Å²) in [6.45, 7) is -0.668. The summed E-state index contributed by atoms with van der Waals surface area (Å²) in [7, 11) is -2.71. The molecule has 3 aromatic rings. The number of nitrogens with one attached hydrogen (secondary N) is 1. The number of ether oxygens (including phenoxy) is 2. The molecule has 0 aliphatic rings. The summed E-state index contributed by atoms with van der Waals surface area (Å²) in [5, 5.41) is 3.91. The third-order valence-electron chi connectivity index (χ3n) is 4.60. The monoisotopic (exact) mass is 607 g/mol. The van der Waals surface area contributed by atoms with Gasteiger partial charge in [0.05, 0.1) is 23.9 Å². The maximum absolute atomic E-state index is 13.3. The normalized spacial score (nSPS) is 11.1. The molecular formula is C24H22IN3O6S. The van der Waals surface area contributed by atoms with Gasteiger partial charge in [0.1, 0.15) is 12.3 Å².